The summed E-state index contributed by atoms with van der Waals surface area (Å²) in [5.41, 5.74) is 0.463. The summed E-state index contributed by atoms with van der Waals surface area (Å²) in [6, 6.07) is 9.58. The first-order valence-electron chi connectivity index (χ1n) is 6.54. The molecular formula is C15H20N2O2. The molecule has 1 fully saturated rings. The molecule has 0 spiro atoms. The number of benzene rings is 1. The first kappa shape index (κ1) is 13.6. The van der Waals surface area contributed by atoms with E-state index in [1.54, 1.807) is 9.80 Å². The number of amides is 2. The fourth-order valence-electron chi connectivity index (χ4n) is 2.20. The second kappa shape index (κ2) is 5.03. The number of carbonyl (C=O) groups is 2. The first-order chi connectivity index (χ1) is 8.89. The molecule has 0 aliphatic carbocycles. The molecule has 1 aliphatic heterocycles. The smallest absolute Gasteiger partial charge is 0.246 e. The number of piperazine rings is 1. The Balaban J connectivity index is 2.07. The van der Waals surface area contributed by atoms with Crippen molar-refractivity contribution in [3.05, 3.63) is 30.3 Å². The molecule has 4 heteroatoms. The SMILES string of the molecule is CC(C)(C)C(=O)N1CCN(c2ccccc2)C(=O)C1. The van der Waals surface area contributed by atoms with Crippen LogP contribution in [-0.4, -0.2) is 36.3 Å². The first-order valence-corrected chi connectivity index (χ1v) is 6.54. The maximum atomic E-state index is 12.2. The molecule has 2 amide bonds. The van der Waals surface area contributed by atoms with E-state index in [2.05, 4.69) is 0 Å². The molecule has 1 aromatic rings. The minimum absolute atomic E-state index is 0.0185. The van der Waals surface area contributed by atoms with Gasteiger partial charge in [-0.25, -0.2) is 0 Å². The van der Waals surface area contributed by atoms with Gasteiger partial charge in [0.05, 0.1) is 0 Å². The third kappa shape index (κ3) is 2.95. The van der Waals surface area contributed by atoms with Crippen LogP contribution in [0.5, 0.6) is 0 Å². The number of nitrogens with zero attached hydrogens (tertiary/aromatic N) is 2. The van der Waals surface area contributed by atoms with Gasteiger partial charge in [0.2, 0.25) is 11.8 Å². The number of rotatable bonds is 1. The maximum Gasteiger partial charge on any atom is 0.246 e. The monoisotopic (exact) mass is 260 g/mol. The quantitative estimate of drug-likeness (QED) is 0.774. The van der Waals surface area contributed by atoms with Gasteiger partial charge < -0.3 is 9.80 Å². The standard InChI is InChI=1S/C15H20N2O2/c1-15(2,3)14(19)16-9-10-17(13(18)11-16)12-7-5-4-6-8-12/h4-8H,9-11H2,1-3H3. The zero-order valence-electron chi connectivity index (χ0n) is 11.7. The molecule has 1 aliphatic rings. The zero-order valence-corrected chi connectivity index (χ0v) is 11.7. The van der Waals surface area contributed by atoms with E-state index in [0.717, 1.165) is 5.69 Å². The summed E-state index contributed by atoms with van der Waals surface area (Å²) in [5.74, 6) is 0.0172. The highest BCUT2D eigenvalue weighted by Crippen LogP contribution is 2.21. The largest absolute Gasteiger partial charge is 0.331 e. The van der Waals surface area contributed by atoms with Crippen molar-refractivity contribution >= 4 is 17.5 Å². The van der Waals surface area contributed by atoms with E-state index in [0.29, 0.717) is 13.1 Å². The van der Waals surface area contributed by atoms with E-state index in [1.165, 1.54) is 0 Å². The predicted octanol–water partition coefficient (Wildman–Crippen LogP) is 1.91. The molecule has 4 nitrogen and oxygen atoms in total. The van der Waals surface area contributed by atoms with Crippen molar-refractivity contribution < 1.29 is 9.59 Å². The van der Waals surface area contributed by atoms with E-state index in [1.807, 2.05) is 51.1 Å². The summed E-state index contributed by atoms with van der Waals surface area (Å²) in [5, 5.41) is 0. The van der Waals surface area contributed by atoms with Gasteiger partial charge in [0.1, 0.15) is 6.54 Å². The van der Waals surface area contributed by atoms with Crippen LogP contribution in [0.15, 0.2) is 30.3 Å². The van der Waals surface area contributed by atoms with Crippen molar-refractivity contribution in [1.82, 2.24) is 4.90 Å². The number of hydrogen-bond donors (Lipinski definition) is 0. The van der Waals surface area contributed by atoms with E-state index in [9.17, 15) is 9.59 Å². The van der Waals surface area contributed by atoms with Crippen LogP contribution in [-0.2, 0) is 9.59 Å². The van der Waals surface area contributed by atoms with Crippen molar-refractivity contribution in [2.45, 2.75) is 20.8 Å². The van der Waals surface area contributed by atoms with Gasteiger partial charge in [-0.3, -0.25) is 9.59 Å². The second-order valence-electron chi connectivity index (χ2n) is 5.86. The Bertz CT molecular complexity index is 477. The van der Waals surface area contributed by atoms with E-state index in [-0.39, 0.29) is 18.4 Å². The molecule has 102 valence electrons. The molecule has 1 heterocycles. The van der Waals surface area contributed by atoms with Gasteiger partial charge in [0.15, 0.2) is 0 Å². The van der Waals surface area contributed by atoms with Crippen molar-refractivity contribution in [3.8, 4) is 0 Å². The van der Waals surface area contributed by atoms with Crippen LogP contribution in [0.1, 0.15) is 20.8 Å². The van der Waals surface area contributed by atoms with Gasteiger partial charge in [-0.15, -0.1) is 0 Å². The Labute approximate surface area is 114 Å². The van der Waals surface area contributed by atoms with Crippen molar-refractivity contribution in [3.63, 3.8) is 0 Å². The topological polar surface area (TPSA) is 40.6 Å². The number of carbonyl (C=O) groups excluding carboxylic acids is 2. The fourth-order valence-corrected chi connectivity index (χ4v) is 2.20. The summed E-state index contributed by atoms with van der Waals surface area (Å²) >= 11 is 0. The van der Waals surface area contributed by atoms with E-state index in [4.69, 9.17) is 0 Å². The molecule has 0 radical (unpaired) electrons. The number of para-hydroxylation sites is 1. The molecule has 0 aromatic heterocycles. The average Bonchev–Trinajstić information content (AvgIpc) is 2.37. The lowest BCUT2D eigenvalue weighted by molar-refractivity contribution is -0.143. The van der Waals surface area contributed by atoms with Gasteiger partial charge in [-0.2, -0.15) is 0 Å². The lowest BCUT2D eigenvalue weighted by atomic mass is 9.94. The minimum atomic E-state index is -0.435. The molecule has 0 unspecified atom stereocenters. The van der Waals surface area contributed by atoms with Crippen molar-refractivity contribution in [2.75, 3.05) is 24.5 Å². The molecule has 1 aromatic carbocycles. The molecule has 0 N–H and O–H groups in total. The van der Waals surface area contributed by atoms with E-state index >= 15 is 0 Å². The summed E-state index contributed by atoms with van der Waals surface area (Å²) in [4.78, 5) is 27.7. The van der Waals surface area contributed by atoms with Crippen LogP contribution in [0.4, 0.5) is 5.69 Å². The summed E-state index contributed by atoms with van der Waals surface area (Å²) in [6.45, 7) is 6.96. The Morgan fingerprint density at radius 1 is 1.11 bits per heavy atom. The van der Waals surface area contributed by atoms with Gasteiger partial charge in [0.25, 0.3) is 0 Å². The predicted molar refractivity (Wildman–Crippen MR) is 74.8 cm³/mol. The van der Waals surface area contributed by atoms with E-state index < -0.39 is 5.41 Å². The highest BCUT2D eigenvalue weighted by Gasteiger charge is 2.33. The van der Waals surface area contributed by atoms with Gasteiger partial charge in [-0.1, -0.05) is 39.0 Å². The number of hydrogen-bond acceptors (Lipinski definition) is 2. The maximum absolute atomic E-state index is 12.2. The molecule has 1 saturated heterocycles. The lowest BCUT2D eigenvalue weighted by Gasteiger charge is -2.37. The third-order valence-corrected chi connectivity index (χ3v) is 3.22. The van der Waals surface area contributed by atoms with Crippen LogP contribution >= 0.6 is 0 Å². The van der Waals surface area contributed by atoms with Gasteiger partial charge >= 0.3 is 0 Å². The molecule has 0 atom stereocenters. The summed E-state index contributed by atoms with van der Waals surface area (Å²) < 4.78 is 0. The lowest BCUT2D eigenvalue weighted by Crippen LogP contribution is -2.54. The Hall–Kier alpha value is -1.84. The molecular weight excluding hydrogens is 240 g/mol. The average molecular weight is 260 g/mol. The molecule has 19 heavy (non-hydrogen) atoms. The zero-order chi connectivity index (χ0) is 14.0. The number of anilines is 1. The third-order valence-electron chi connectivity index (χ3n) is 3.22. The Kier molecular flexibility index (Phi) is 3.60. The van der Waals surface area contributed by atoms with Gasteiger partial charge in [-0.05, 0) is 12.1 Å². The van der Waals surface area contributed by atoms with Crippen LogP contribution in [0.25, 0.3) is 0 Å². The summed E-state index contributed by atoms with van der Waals surface area (Å²) in [7, 11) is 0. The Morgan fingerprint density at radius 3 is 2.26 bits per heavy atom. The van der Waals surface area contributed by atoms with Gasteiger partial charge in [0, 0.05) is 24.2 Å². The van der Waals surface area contributed by atoms with Crippen molar-refractivity contribution in [2.24, 2.45) is 5.41 Å². The van der Waals surface area contributed by atoms with Crippen LogP contribution in [0.3, 0.4) is 0 Å². The van der Waals surface area contributed by atoms with Crippen molar-refractivity contribution in [1.29, 1.82) is 0 Å². The minimum Gasteiger partial charge on any atom is -0.331 e. The molecule has 2 rings (SSSR count). The second-order valence-corrected chi connectivity index (χ2v) is 5.86. The van der Waals surface area contributed by atoms with Crippen LogP contribution in [0.2, 0.25) is 0 Å². The molecule has 0 saturated carbocycles. The molecule has 0 bridgehead atoms. The van der Waals surface area contributed by atoms with Crippen LogP contribution in [0, 0.1) is 5.41 Å². The highest BCUT2D eigenvalue weighted by atomic mass is 16.2. The van der Waals surface area contributed by atoms with Crippen LogP contribution < -0.4 is 4.90 Å². The Morgan fingerprint density at radius 2 is 1.74 bits per heavy atom. The fraction of sp³-hybridized carbons (Fsp3) is 0.467. The summed E-state index contributed by atoms with van der Waals surface area (Å²) in [6.07, 6.45) is 0. The highest BCUT2D eigenvalue weighted by molar-refractivity contribution is 5.98. The normalized spacial score (nSPS) is 16.7.